The second-order valence-electron chi connectivity index (χ2n) is 3.48. The van der Waals surface area contributed by atoms with E-state index in [2.05, 4.69) is 8.75 Å². The number of nitrogens with zero attached hydrogens (tertiary/aromatic N) is 3. The lowest BCUT2D eigenvalue weighted by molar-refractivity contribution is 0.0737. The summed E-state index contributed by atoms with van der Waals surface area (Å²) in [7, 11) is 0. The SMILES string of the molecule is CC1C(N)CCN1C(=O)c1cnsn1. The Morgan fingerprint density at radius 1 is 1.79 bits per heavy atom. The van der Waals surface area contributed by atoms with Crippen LogP contribution < -0.4 is 5.73 Å². The van der Waals surface area contributed by atoms with Crippen LogP contribution in [0, 0.1) is 0 Å². The number of hydrogen-bond donors (Lipinski definition) is 1. The van der Waals surface area contributed by atoms with Crippen molar-refractivity contribution in [2.75, 3.05) is 6.54 Å². The van der Waals surface area contributed by atoms with Gasteiger partial charge in [-0.15, -0.1) is 0 Å². The van der Waals surface area contributed by atoms with Crippen LogP contribution in [-0.2, 0) is 0 Å². The van der Waals surface area contributed by atoms with Gasteiger partial charge in [-0.25, -0.2) is 0 Å². The maximum Gasteiger partial charge on any atom is 0.275 e. The fraction of sp³-hybridized carbons (Fsp3) is 0.625. The van der Waals surface area contributed by atoms with E-state index in [0.717, 1.165) is 24.7 Å². The van der Waals surface area contributed by atoms with Crippen LogP contribution in [0.15, 0.2) is 6.20 Å². The zero-order valence-corrected chi connectivity index (χ0v) is 8.70. The van der Waals surface area contributed by atoms with Crippen molar-refractivity contribution in [3.63, 3.8) is 0 Å². The van der Waals surface area contributed by atoms with Gasteiger partial charge in [0.15, 0.2) is 5.69 Å². The van der Waals surface area contributed by atoms with Crippen LogP contribution in [0.4, 0.5) is 0 Å². The second-order valence-corrected chi connectivity index (χ2v) is 4.04. The second kappa shape index (κ2) is 3.62. The first-order chi connectivity index (χ1) is 6.70. The molecule has 0 saturated carbocycles. The summed E-state index contributed by atoms with van der Waals surface area (Å²) < 4.78 is 7.73. The van der Waals surface area contributed by atoms with Crippen molar-refractivity contribution in [1.29, 1.82) is 0 Å². The standard InChI is InChI=1S/C8H12N4OS/c1-5-6(9)2-3-12(5)8(13)7-4-10-14-11-7/h4-6H,2-3,9H2,1H3. The molecule has 0 aromatic carbocycles. The lowest BCUT2D eigenvalue weighted by atomic mass is 10.2. The minimum absolute atomic E-state index is 0.0563. The predicted octanol–water partition coefficient (Wildman–Crippen LogP) is 0.0998. The molecule has 0 aliphatic carbocycles. The third-order valence-corrected chi connectivity index (χ3v) is 3.13. The first kappa shape index (κ1) is 9.54. The third-order valence-electron chi connectivity index (χ3n) is 2.66. The summed E-state index contributed by atoms with van der Waals surface area (Å²) in [4.78, 5) is 13.6. The molecule has 2 rings (SSSR count). The van der Waals surface area contributed by atoms with Gasteiger partial charge >= 0.3 is 0 Å². The van der Waals surface area contributed by atoms with Crippen molar-refractivity contribution >= 4 is 17.6 Å². The van der Waals surface area contributed by atoms with Crippen molar-refractivity contribution in [1.82, 2.24) is 13.6 Å². The molecule has 1 aliphatic rings. The molecule has 1 saturated heterocycles. The number of aromatic nitrogens is 2. The minimum Gasteiger partial charge on any atom is -0.333 e. The Morgan fingerprint density at radius 2 is 2.57 bits per heavy atom. The Labute approximate surface area is 86.2 Å². The Balaban J connectivity index is 2.13. The molecule has 76 valence electrons. The first-order valence-electron chi connectivity index (χ1n) is 4.54. The van der Waals surface area contributed by atoms with Gasteiger partial charge in [-0.05, 0) is 13.3 Å². The van der Waals surface area contributed by atoms with Crippen molar-refractivity contribution in [3.8, 4) is 0 Å². The molecule has 0 bridgehead atoms. The molecular weight excluding hydrogens is 200 g/mol. The summed E-state index contributed by atoms with van der Waals surface area (Å²) in [6, 6.07) is 0.190. The van der Waals surface area contributed by atoms with E-state index in [4.69, 9.17) is 5.73 Å². The molecule has 0 spiro atoms. The molecule has 1 aromatic heterocycles. The van der Waals surface area contributed by atoms with Crippen molar-refractivity contribution in [2.24, 2.45) is 5.73 Å². The zero-order valence-electron chi connectivity index (χ0n) is 7.88. The third kappa shape index (κ3) is 1.51. The van der Waals surface area contributed by atoms with Gasteiger partial charge in [-0.2, -0.15) is 8.75 Å². The van der Waals surface area contributed by atoms with Gasteiger partial charge in [0.05, 0.1) is 17.9 Å². The molecule has 5 nitrogen and oxygen atoms in total. The summed E-state index contributed by atoms with van der Waals surface area (Å²) in [5.74, 6) is -0.0563. The highest BCUT2D eigenvalue weighted by atomic mass is 32.1. The molecular formula is C8H12N4OS. The van der Waals surface area contributed by atoms with Crippen LogP contribution in [0.1, 0.15) is 23.8 Å². The fourth-order valence-corrected chi connectivity index (χ4v) is 2.06. The summed E-state index contributed by atoms with van der Waals surface area (Å²) in [5, 5.41) is 0. The van der Waals surface area contributed by atoms with Crippen LogP contribution in [0.2, 0.25) is 0 Å². The molecule has 2 N–H and O–H groups in total. The van der Waals surface area contributed by atoms with E-state index in [1.807, 2.05) is 6.92 Å². The molecule has 2 heterocycles. The van der Waals surface area contributed by atoms with Crippen molar-refractivity contribution < 1.29 is 4.79 Å². The summed E-state index contributed by atoms with van der Waals surface area (Å²) in [5.41, 5.74) is 6.26. The topological polar surface area (TPSA) is 72.1 Å². The number of hydrogen-bond acceptors (Lipinski definition) is 5. The van der Waals surface area contributed by atoms with Gasteiger partial charge < -0.3 is 10.6 Å². The van der Waals surface area contributed by atoms with E-state index in [9.17, 15) is 4.79 Å². The number of amides is 1. The number of rotatable bonds is 1. The number of carbonyl (C=O) groups is 1. The molecule has 6 heteroatoms. The average Bonchev–Trinajstić information content (AvgIpc) is 2.77. The minimum atomic E-state index is -0.0563. The van der Waals surface area contributed by atoms with E-state index in [1.165, 1.54) is 6.20 Å². The van der Waals surface area contributed by atoms with Gasteiger partial charge in [0.1, 0.15) is 0 Å². The lowest BCUT2D eigenvalue weighted by Gasteiger charge is -2.21. The first-order valence-corrected chi connectivity index (χ1v) is 5.27. The van der Waals surface area contributed by atoms with Crippen molar-refractivity contribution in [2.45, 2.75) is 25.4 Å². The highest BCUT2D eigenvalue weighted by Crippen LogP contribution is 2.18. The Hall–Kier alpha value is -1.01. The van der Waals surface area contributed by atoms with Gasteiger partial charge in [-0.1, -0.05) is 0 Å². The van der Waals surface area contributed by atoms with Crippen LogP contribution in [-0.4, -0.2) is 38.2 Å². The quantitative estimate of drug-likeness (QED) is 0.716. The lowest BCUT2D eigenvalue weighted by Crippen LogP contribution is -2.40. The predicted molar refractivity (Wildman–Crippen MR) is 53.0 cm³/mol. The van der Waals surface area contributed by atoms with E-state index in [1.54, 1.807) is 4.90 Å². The average molecular weight is 212 g/mol. The molecule has 1 aliphatic heterocycles. The van der Waals surface area contributed by atoms with Gasteiger partial charge in [0.2, 0.25) is 0 Å². The smallest absolute Gasteiger partial charge is 0.275 e. The van der Waals surface area contributed by atoms with Gasteiger partial charge in [0.25, 0.3) is 5.91 Å². The Kier molecular flexibility index (Phi) is 2.47. The molecule has 1 aromatic rings. The molecule has 14 heavy (non-hydrogen) atoms. The van der Waals surface area contributed by atoms with E-state index >= 15 is 0 Å². The van der Waals surface area contributed by atoms with Crippen LogP contribution in [0.5, 0.6) is 0 Å². The highest BCUT2D eigenvalue weighted by Gasteiger charge is 2.32. The normalized spacial score (nSPS) is 26.9. The summed E-state index contributed by atoms with van der Waals surface area (Å²) >= 11 is 1.05. The molecule has 2 unspecified atom stereocenters. The maximum absolute atomic E-state index is 11.8. The Morgan fingerprint density at radius 3 is 3.07 bits per heavy atom. The van der Waals surface area contributed by atoms with E-state index in [0.29, 0.717) is 5.69 Å². The van der Waals surface area contributed by atoms with Crippen LogP contribution in [0.25, 0.3) is 0 Å². The van der Waals surface area contributed by atoms with Gasteiger partial charge in [-0.3, -0.25) is 4.79 Å². The monoisotopic (exact) mass is 212 g/mol. The Bertz CT molecular complexity index is 326. The maximum atomic E-state index is 11.8. The molecule has 0 radical (unpaired) electrons. The zero-order chi connectivity index (χ0) is 10.1. The van der Waals surface area contributed by atoms with Crippen LogP contribution in [0.3, 0.4) is 0 Å². The molecule has 1 amide bonds. The number of likely N-dealkylation sites (tertiary alicyclic amines) is 1. The van der Waals surface area contributed by atoms with E-state index in [-0.39, 0.29) is 18.0 Å². The van der Waals surface area contributed by atoms with E-state index < -0.39 is 0 Å². The number of nitrogens with two attached hydrogens (primary N) is 1. The van der Waals surface area contributed by atoms with Crippen LogP contribution >= 0.6 is 11.7 Å². The number of carbonyl (C=O) groups excluding carboxylic acids is 1. The van der Waals surface area contributed by atoms with Crippen molar-refractivity contribution in [3.05, 3.63) is 11.9 Å². The summed E-state index contributed by atoms with van der Waals surface area (Å²) in [6.07, 6.45) is 2.37. The largest absolute Gasteiger partial charge is 0.333 e. The highest BCUT2D eigenvalue weighted by molar-refractivity contribution is 6.99. The van der Waals surface area contributed by atoms with Gasteiger partial charge in [0, 0.05) is 18.6 Å². The molecule has 2 atom stereocenters. The fourth-order valence-electron chi connectivity index (χ4n) is 1.66. The summed E-state index contributed by atoms with van der Waals surface area (Å²) in [6.45, 7) is 2.69. The molecule has 1 fully saturated rings.